The van der Waals surface area contributed by atoms with Crippen LogP contribution < -0.4 is 0 Å². The van der Waals surface area contributed by atoms with Gasteiger partial charge in [0.15, 0.2) is 0 Å². The van der Waals surface area contributed by atoms with Crippen molar-refractivity contribution >= 4 is 5.97 Å². The molecule has 4 nitrogen and oxygen atoms in total. The van der Waals surface area contributed by atoms with Crippen LogP contribution in [0.5, 0.6) is 0 Å². The second kappa shape index (κ2) is 15.0. The number of carboxylic acid groups (broad SMARTS) is 1. The number of aliphatic carboxylic acids is 1. The predicted octanol–water partition coefficient (Wildman–Crippen LogP) is 0.544. The van der Waals surface area contributed by atoms with E-state index in [0.717, 1.165) is 0 Å². The van der Waals surface area contributed by atoms with E-state index in [1.165, 1.54) is 0 Å². The van der Waals surface area contributed by atoms with Crippen molar-refractivity contribution in [3.05, 3.63) is 11.5 Å². The molecule has 0 bridgehead atoms. The Balaban J connectivity index is -0.0000000600. The van der Waals surface area contributed by atoms with Crippen LogP contribution >= 0.6 is 0 Å². The first kappa shape index (κ1) is 23.4. The Bertz CT molecular complexity index is 82.1. The molecule has 0 aromatic rings. The molecule has 0 aromatic heterocycles. The van der Waals surface area contributed by atoms with Gasteiger partial charge in [-0.25, -0.2) is 0 Å². The molecule has 51 valence electrons. The summed E-state index contributed by atoms with van der Waals surface area (Å²) in [5.74, 6) is -1.23. The maximum absolute atomic E-state index is 9.62. The molecule has 0 saturated heterocycles. The Morgan fingerprint density at radius 3 is 1.70 bits per heavy atom. The molecule has 0 aromatic carbocycles. The number of carbonyl (C=O) groups is 1. The van der Waals surface area contributed by atoms with E-state index in [2.05, 4.69) is 0 Å². The Morgan fingerprint density at radius 1 is 1.40 bits per heavy atom. The van der Waals surface area contributed by atoms with Crippen molar-refractivity contribution in [2.24, 2.45) is 0 Å². The number of hydrogen-bond acceptors (Lipinski definition) is 1. The van der Waals surface area contributed by atoms with Gasteiger partial charge in [-0.2, -0.15) is 6.54 Å². The SMILES string of the molecule is [NH-]CC([NH-])C(=O)O.[Pr].[Pr].[Pr]. The van der Waals surface area contributed by atoms with Crippen LogP contribution in [-0.2, 0) is 4.79 Å². The molecule has 0 amide bonds. The molecule has 0 aliphatic carbocycles. The average molecular weight is 525 g/mol. The Morgan fingerprint density at radius 2 is 1.70 bits per heavy atom. The standard InChI is InChI=1S/C3H6N2O2.3Pr/c4-1-2(5)3(6)7;;;/h2,4-5H,1H2,(H,6,7);;;/q-2;;;. The van der Waals surface area contributed by atoms with Gasteiger partial charge in [0.25, 0.3) is 5.97 Å². The molecule has 1 atom stereocenters. The van der Waals surface area contributed by atoms with Crippen molar-refractivity contribution in [3.8, 4) is 0 Å². The minimum absolute atomic E-state index is 0. The van der Waals surface area contributed by atoms with Gasteiger partial charge in [0.1, 0.15) is 0 Å². The molecule has 0 fully saturated rings. The Labute approximate surface area is 159 Å². The first-order valence-electron chi connectivity index (χ1n) is 1.77. The molecule has 0 aliphatic heterocycles. The van der Waals surface area contributed by atoms with Gasteiger partial charge >= 0.3 is 0 Å². The molecule has 1 unspecified atom stereocenters. The quantitative estimate of drug-likeness (QED) is 0.572. The van der Waals surface area contributed by atoms with Crippen molar-refractivity contribution in [2.45, 2.75) is 6.04 Å². The van der Waals surface area contributed by atoms with E-state index in [4.69, 9.17) is 16.6 Å². The third-order valence-electron chi connectivity index (χ3n) is 0.502. The molecule has 7 heteroatoms. The summed E-state index contributed by atoms with van der Waals surface area (Å²) in [5, 5.41) is 7.87. The van der Waals surface area contributed by atoms with Crippen molar-refractivity contribution in [3.63, 3.8) is 0 Å². The van der Waals surface area contributed by atoms with Gasteiger partial charge in [-0.3, -0.25) is 4.79 Å². The molecule has 0 rings (SSSR count). The van der Waals surface area contributed by atoms with Crippen LogP contribution in [0, 0.1) is 124 Å². The molecule has 0 heterocycles. The van der Waals surface area contributed by atoms with E-state index in [1.54, 1.807) is 0 Å². The zero-order valence-corrected chi connectivity index (χ0v) is 16.5. The molecule has 0 saturated carbocycles. The van der Waals surface area contributed by atoms with Crippen molar-refractivity contribution in [1.29, 1.82) is 0 Å². The number of rotatable bonds is 2. The molecule has 0 spiro atoms. The average Bonchev–Trinajstić information content (AvgIpc) is 1.65. The summed E-state index contributed by atoms with van der Waals surface area (Å²) >= 11 is 0. The largest absolute Gasteiger partial charge is 0.678 e. The third kappa shape index (κ3) is 14.0. The maximum atomic E-state index is 9.62. The van der Waals surface area contributed by atoms with Crippen LogP contribution in [0.15, 0.2) is 0 Å². The summed E-state index contributed by atoms with van der Waals surface area (Å²) in [6, 6.07) is -1.26. The zero-order valence-electron chi connectivity index (χ0n) is 5.37. The minimum Gasteiger partial charge on any atom is -0.678 e. The summed E-state index contributed by atoms with van der Waals surface area (Å²) in [6.45, 7) is -0.366. The fourth-order valence-corrected chi connectivity index (χ4v) is 0.0873. The van der Waals surface area contributed by atoms with Crippen LogP contribution in [0.1, 0.15) is 0 Å². The van der Waals surface area contributed by atoms with E-state index in [0.29, 0.717) is 0 Å². The van der Waals surface area contributed by atoms with Gasteiger partial charge in [-0.15, -0.1) is 0 Å². The van der Waals surface area contributed by atoms with Crippen molar-refractivity contribution in [2.75, 3.05) is 6.54 Å². The van der Waals surface area contributed by atoms with Crippen LogP contribution in [0.4, 0.5) is 0 Å². The van der Waals surface area contributed by atoms with Gasteiger partial charge in [0, 0.05) is 124 Å². The topological polar surface area (TPSA) is 84.9 Å². The predicted molar refractivity (Wildman–Crippen MR) is 24.9 cm³/mol. The number of carboxylic acids is 1. The fraction of sp³-hybridized carbons (Fsp3) is 0.667. The van der Waals surface area contributed by atoms with Gasteiger partial charge in [-0.05, 0) is 0 Å². The Hall–Kier alpha value is 3.48. The molecular weight excluding hydrogens is 519 g/mol. The number of hydrogen-bond donors (Lipinski definition) is 1. The van der Waals surface area contributed by atoms with Gasteiger partial charge in [-0.1, -0.05) is 6.04 Å². The first-order valence-corrected chi connectivity index (χ1v) is 1.77. The second-order valence-corrected chi connectivity index (χ2v) is 1.09. The minimum atomic E-state index is -1.26. The summed E-state index contributed by atoms with van der Waals surface area (Å²) < 4.78 is 0. The van der Waals surface area contributed by atoms with Gasteiger partial charge in [0.2, 0.25) is 0 Å². The van der Waals surface area contributed by atoms with Crippen LogP contribution in [0.2, 0.25) is 0 Å². The molecule has 3 N–H and O–H groups in total. The molecule has 3 radical (unpaired) electrons. The second-order valence-electron chi connectivity index (χ2n) is 1.09. The van der Waals surface area contributed by atoms with Gasteiger partial charge in [0.05, 0.1) is 0 Å². The van der Waals surface area contributed by atoms with E-state index in [9.17, 15) is 4.79 Å². The summed E-state index contributed by atoms with van der Waals surface area (Å²) in [5.41, 5.74) is 12.9. The fourth-order valence-electron chi connectivity index (χ4n) is 0.0873. The first-order chi connectivity index (χ1) is 3.18. The number of nitrogens with one attached hydrogen (secondary N) is 2. The van der Waals surface area contributed by atoms with Crippen LogP contribution in [0.25, 0.3) is 11.5 Å². The van der Waals surface area contributed by atoms with E-state index < -0.39 is 12.0 Å². The summed E-state index contributed by atoms with van der Waals surface area (Å²) in [6.07, 6.45) is 0. The molecular formula is C3H6N2O2Pr3-2. The Kier molecular flexibility index (Phi) is 35.0. The third-order valence-corrected chi connectivity index (χ3v) is 0.502. The summed E-state index contributed by atoms with van der Waals surface area (Å²) in [4.78, 5) is 9.62. The van der Waals surface area contributed by atoms with Crippen LogP contribution in [-0.4, -0.2) is 23.7 Å². The molecule has 10 heavy (non-hydrogen) atoms. The van der Waals surface area contributed by atoms with Crippen molar-refractivity contribution in [1.82, 2.24) is 0 Å². The monoisotopic (exact) mass is 525 g/mol. The van der Waals surface area contributed by atoms with Gasteiger partial charge < -0.3 is 16.6 Å². The smallest absolute Gasteiger partial charge is 0.283 e. The van der Waals surface area contributed by atoms with E-state index >= 15 is 0 Å². The summed E-state index contributed by atoms with van der Waals surface area (Å²) in [7, 11) is 0. The zero-order chi connectivity index (χ0) is 5.86. The van der Waals surface area contributed by atoms with E-state index in [-0.39, 0.29) is 130 Å². The van der Waals surface area contributed by atoms with Crippen LogP contribution in [0.3, 0.4) is 0 Å². The molecule has 0 aliphatic rings. The maximum Gasteiger partial charge on any atom is 0.283 e. The van der Waals surface area contributed by atoms with Crippen molar-refractivity contribution < 1.29 is 134 Å². The normalized spacial score (nSPS) is 9.40. The van der Waals surface area contributed by atoms with E-state index in [1.807, 2.05) is 0 Å².